The van der Waals surface area contributed by atoms with Gasteiger partial charge in [-0.1, -0.05) is 44.2 Å². The van der Waals surface area contributed by atoms with Crippen LogP contribution < -0.4 is 10.1 Å². The summed E-state index contributed by atoms with van der Waals surface area (Å²) in [6.45, 7) is 8.82. The summed E-state index contributed by atoms with van der Waals surface area (Å²) >= 11 is 0. The molecule has 0 bridgehead atoms. The van der Waals surface area contributed by atoms with Gasteiger partial charge in [0.25, 0.3) is 11.8 Å². The first kappa shape index (κ1) is 19.7. The molecule has 0 fully saturated rings. The van der Waals surface area contributed by atoms with Gasteiger partial charge in [-0.05, 0) is 49.1 Å². The van der Waals surface area contributed by atoms with Gasteiger partial charge in [0.1, 0.15) is 11.4 Å². The average molecular weight is 378 g/mol. The van der Waals surface area contributed by atoms with Gasteiger partial charge in [0, 0.05) is 12.2 Å². The van der Waals surface area contributed by atoms with Gasteiger partial charge in [-0.15, -0.1) is 0 Å². The zero-order valence-electron chi connectivity index (χ0n) is 16.8. The second kappa shape index (κ2) is 8.30. The number of carbonyl (C=O) groups excluding carboxylic acids is 2. The highest BCUT2D eigenvalue weighted by atomic mass is 16.5. The van der Waals surface area contributed by atoms with Crippen molar-refractivity contribution in [2.75, 3.05) is 18.5 Å². The highest BCUT2D eigenvalue weighted by molar-refractivity contribution is 6.36. The van der Waals surface area contributed by atoms with Crippen LogP contribution in [0.4, 0.5) is 5.69 Å². The average Bonchev–Trinajstić information content (AvgIpc) is 2.89. The van der Waals surface area contributed by atoms with Crippen LogP contribution >= 0.6 is 0 Å². The second-order valence-electron chi connectivity index (χ2n) is 7.26. The van der Waals surface area contributed by atoms with Gasteiger partial charge in [0.2, 0.25) is 0 Å². The van der Waals surface area contributed by atoms with Crippen LogP contribution in [-0.2, 0) is 9.59 Å². The number of imide groups is 1. The van der Waals surface area contributed by atoms with Crippen molar-refractivity contribution in [1.29, 1.82) is 0 Å². The summed E-state index contributed by atoms with van der Waals surface area (Å²) < 4.78 is 5.49. The monoisotopic (exact) mass is 378 g/mol. The third-order valence-electron chi connectivity index (χ3n) is 4.57. The van der Waals surface area contributed by atoms with Crippen molar-refractivity contribution in [3.8, 4) is 5.75 Å². The van der Waals surface area contributed by atoms with Crippen molar-refractivity contribution >= 4 is 23.1 Å². The SMILES string of the molecule is CCOc1ccc(C2=C(Nc3ccccc3C)C(=O)N(CC(C)C)C2=O)cc1. The molecule has 1 aliphatic rings. The van der Waals surface area contributed by atoms with E-state index in [2.05, 4.69) is 5.32 Å². The van der Waals surface area contributed by atoms with Crippen LogP contribution in [0.15, 0.2) is 54.2 Å². The first-order valence-corrected chi connectivity index (χ1v) is 9.58. The molecule has 0 aliphatic carbocycles. The predicted octanol–water partition coefficient (Wildman–Crippen LogP) is 4.24. The molecule has 0 saturated heterocycles. The fourth-order valence-electron chi connectivity index (χ4n) is 3.22. The molecule has 3 rings (SSSR count). The molecule has 2 amide bonds. The Labute approximate surface area is 166 Å². The first-order valence-electron chi connectivity index (χ1n) is 9.58. The Morgan fingerprint density at radius 3 is 2.29 bits per heavy atom. The zero-order valence-corrected chi connectivity index (χ0v) is 16.8. The van der Waals surface area contributed by atoms with Crippen molar-refractivity contribution in [3.63, 3.8) is 0 Å². The van der Waals surface area contributed by atoms with Gasteiger partial charge in [-0.25, -0.2) is 0 Å². The van der Waals surface area contributed by atoms with Gasteiger partial charge in [-0.2, -0.15) is 0 Å². The Bertz CT molecular complexity index is 914. The Kier molecular flexibility index (Phi) is 5.83. The Balaban J connectivity index is 2.04. The maximum Gasteiger partial charge on any atom is 0.278 e. The quantitative estimate of drug-likeness (QED) is 0.732. The number of benzene rings is 2. The second-order valence-corrected chi connectivity index (χ2v) is 7.26. The van der Waals surface area contributed by atoms with E-state index in [1.807, 2.05) is 76.2 Å². The van der Waals surface area contributed by atoms with Gasteiger partial charge >= 0.3 is 0 Å². The van der Waals surface area contributed by atoms with E-state index in [4.69, 9.17) is 4.74 Å². The van der Waals surface area contributed by atoms with Crippen LogP contribution in [0.25, 0.3) is 5.57 Å². The Morgan fingerprint density at radius 2 is 1.68 bits per heavy atom. The van der Waals surface area contributed by atoms with Crippen molar-refractivity contribution in [2.24, 2.45) is 5.92 Å². The molecule has 0 unspecified atom stereocenters. The van der Waals surface area contributed by atoms with Gasteiger partial charge in [0.15, 0.2) is 0 Å². The largest absolute Gasteiger partial charge is 0.494 e. The fraction of sp³-hybridized carbons (Fsp3) is 0.304. The van der Waals surface area contributed by atoms with Crippen LogP contribution in [-0.4, -0.2) is 29.9 Å². The molecule has 28 heavy (non-hydrogen) atoms. The molecular formula is C23H26N2O3. The van der Waals surface area contributed by atoms with Crippen molar-refractivity contribution in [2.45, 2.75) is 27.7 Å². The molecule has 1 N–H and O–H groups in total. The lowest BCUT2D eigenvalue weighted by molar-refractivity contribution is -0.137. The first-order chi connectivity index (χ1) is 13.4. The van der Waals surface area contributed by atoms with E-state index in [-0.39, 0.29) is 17.7 Å². The maximum absolute atomic E-state index is 13.1. The maximum atomic E-state index is 13.1. The topological polar surface area (TPSA) is 58.6 Å². The minimum atomic E-state index is -0.286. The predicted molar refractivity (Wildman–Crippen MR) is 111 cm³/mol. The van der Waals surface area contributed by atoms with E-state index < -0.39 is 0 Å². The van der Waals surface area contributed by atoms with Gasteiger partial charge in [-0.3, -0.25) is 14.5 Å². The summed E-state index contributed by atoms with van der Waals surface area (Å²) in [7, 11) is 0. The van der Waals surface area contributed by atoms with E-state index in [9.17, 15) is 9.59 Å². The summed E-state index contributed by atoms with van der Waals surface area (Å²) in [5.74, 6) is 0.369. The van der Waals surface area contributed by atoms with Crippen molar-refractivity contribution < 1.29 is 14.3 Å². The lowest BCUT2D eigenvalue weighted by Crippen LogP contribution is -2.35. The number of aryl methyl sites for hydroxylation is 1. The van der Waals surface area contributed by atoms with E-state index in [1.54, 1.807) is 0 Å². The summed E-state index contributed by atoms with van der Waals surface area (Å²) in [6, 6.07) is 15.0. The van der Waals surface area contributed by atoms with Crippen molar-refractivity contribution in [1.82, 2.24) is 4.90 Å². The number of anilines is 1. The van der Waals surface area contributed by atoms with Gasteiger partial charge in [0.05, 0.1) is 12.2 Å². The zero-order chi connectivity index (χ0) is 20.3. The van der Waals surface area contributed by atoms with Crippen LogP contribution in [0.5, 0.6) is 5.75 Å². The van der Waals surface area contributed by atoms with E-state index >= 15 is 0 Å². The highest BCUT2D eigenvalue weighted by Crippen LogP contribution is 2.32. The molecule has 0 aromatic heterocycles. The number of hydrogen-bond donors (Lipinski definition) is 1. The smallest absolute Gasteiger partial charge is 0.278 e. The normalized spacial score (nSPS) is 14.2. The number of nitrogens with zero attached hydrogens (tertiary/aromatic N) is 1. The van der Waals surface area contributed by atoms with E-state index in [1.165, 1.54) is 4.90 Å². The highest BCUT2D eigenvalue weighted by Gasteiger charge is 2.39. The van der Waals surface area contributed by atoms with Crippen LogP contribution in [0.2, 0.25) is 0 Å². The summed E-state index contributed by atoms with van der Waals surface area (Å²) in [6.07, 6.45) is 0. The number of amides is 2. The number of nitrogens with one attached hydrogen (secondary N) is 1. The molecule has 0 spiro atoms. The number of para-hydroxylation sites is 1. The van der Waals surface area contributed by atoms with Crippen LogP contribution in [0, 0.1) is 12.8 Å². The molecule has 1 heterocycles. The fourth-order valence-corrected chi connectivity index (χ4v) is 3.22. The third kappa shape index (κ3) is 3.93. The molecule has 0 radical (unpaired) electrons. The number of hydrogen-bond acceptors (Lipinski definition) is 4. The standard InChI is InChI=1S/C23H26N2O3/c1-5-28-18-12-10-17(11-13-18)20-21(24-19-9-7-6-8-16(19)4)23(27)25(22(20)26)14-15(2)3/h6-13,15,24H,5,14H2,1-4H3. The van der Waals surface area contributed by atoms with E-state index in [0.29, 0.717) is 30.0 Å². The summed E-state index contributed by atoms with van der Waals surface area (Å²) in [5, 5.41) is 3.22. The van der Waals surface area contributed by atoms with Crippen LogP contribution in [0.1, 0.15) is 31.9 Å². The molecule has 0 atom stereocenters. The molecule has 2 aromatic rings. The number of carbonyl (C=O) groups is 2. The Morgan fingerprint density at radius 1 is 1.00 bits per heavy atom. The lowest BCUT2D eigenvalue weighted by atomic mass is 10.0. The minimum Gasteiger partial charge on any atom is -0.494 e. The number of rotatable bonds is 7. The Hall–Kier alpha value is -3.08. The van der Waals surface area contributed by atoms with Crippen LogP contribution in [0.3, 0.4) is 0 Å². The third-order valence-corrected chi connectivity index (χ3v) is 4.57. The molecular weight excluding hydrogens is 352 g/mol. The molecule has 146 valence electrons. The van der Waals surface area contributed by atoms with E-state index in [0.717, 1.165) is 17.0 Å². The minimum absolute atomic E-state index is 0.187. The molecule has 5 nitrogen and oxygen atoms in total. The van der Waals surface area contributed by atoms with Gasteiger partial charge < -0.3 is 10.1 Å². The summed E-state index contributed by atoms with van der Waals surface area (Å²) in [4.78, 5) is 27.5. The molecule has 1 aliphatic heterocycles. The van der Waals surface area contributed by atoms with Crippen molar-refractivity contribution in [3.05, 3.63) is 65.4 Å². The number of ether oxygens (including phenoxy) is 1. The molecule has 5 heteroatoms. The summed E-state index contributed by atoms with van der Waals surface area (Å²) in [5.41, 5.74) is 3.24. The molecule has 2 aromatic carbocycles. The lowest BCUT2D eigenvalue weighted by Gasteiger charge is -2.17. The molecule has 0 saturated carbocycles.